The number of hydrogen-bond donors (Lipinski definition) is 1. The van der Waals surface area contributed by atoms with E-state index in [1.54, 1.807) is 12.1 Å². The van der Waals surface area contributed by atoms with Gasteiger partial charge in [-0.15, -0.1) is 0 Å². The molecule has 2 rings (SSSR count). The fourth-order valence-electron chi connectivity index (χ4n) is 1.96. The molecule has 0 saturated carbocycles. The third-order valence-corrected chi connectivity index (χ3v) is 3.10. The molecule has 4 heteroatoms. The molecule has 0 fully saturated rings. The summed E-state index contributed by atoms with van der Waals surface area (Å²) in [7, 11) is 0. The third kappa shape index (κ3) is 4.91. The van der Waals surface area contributed by atoms with Crippen LogP contribution >= 0.6 is 0 Å². The van der Waals surface area contributed by atoms with Gasteiger partial charge in [0.25, 0.3) is 0 Å². The van der Waals surface area contributed by atoms with Crippen molar-refractivity contribution < 1.29 is 13.9 Å². The first-order valence-corrected chi connectivity index (χ1v) is 6.85. The molecular weight excluding hydrogens is 269 g/mol. The number of amides is 1. The molecule has 0 bridgehead atoms. The lowest BCUT2D eigenvalue weighted by atomic mass is 10.1. The molecule has 2 aromatic carbocycles. The first-order chi connectivity index (χ1) is 10.1. The third-order valence-electron chi connectivity index (χ3n) is 3.10. The maximum atomic E-state index is 12.9. The predicted molar refractivity (Wildman–Crippen MR) is 79.8 cm³/mol. The largest absolute Gasteiger partial charge is 0.492 e. The summed E-state index contributed by atoms with van der Waals surface area (Å²) in [6.07, 6.45) is 0.354. The molecule has 0 atom stereocenters. The zero-order chi connectivity index (χ0) is 15.1. The minimum absolute atomic E-state index is 0.0489. The van der Waals surface area contributed by atoms with Gasteiger partial charge in [-0.2, -0.15) is 0 Å². The molecule has 0 radical (unpaired) electrons. The van der Waals surface area contributed by atoms with Crippen LogP contribution in [0.2, 0.25) is 0 Å². The Balaban J connectivity index is 1.71. The van der Waals surface area contributed by atoms with Crippen molar-refractivity contribution in [3.63, 3.8) is 0 Å². The van der Waals surface area contributed by atoms with Gasteiger partial charge in [0.05, 0.1) is 13.0 Å². The van der Waals surface area contributed by atoms with E-state index in [4.69, 9.17) is 4.74 Å². The second kappa shape index (κ2) is 7.43. The van der Waals surface area contributed by atoms with E-state index in [-0.39, 0.29) is 11.7 Å². The Labute approximate surface area is 123 Å². The van der Waals surface area contributed by atoms with Crippen molar-refractivity contribution in [3.05, 3.63) is 65.5 Å². The summed E-state index contributed by atoms with van der Waals surface area (Å²) in [5.74, 6) is 0.0754. The molecule has 0 aliphatic carbocycles. The molecule has 1 amide bonds. The van der Waals surface area contributed by atoms with Gasteiger partial charge in [-0.25, -0.2) is 4.39 Å². The molecule has 2 aromatic rings. The smallest absolute Gasteiger partial charge is 0.224 e. The van der Waals surface area contributed by atoms with Crippen LogP contribution in [0.15, 0.2) is 48.5 Å². The van der Waals surface area contributed by atoms with Gasteiger partial charge in [0.15, 0.2) is 0 Å². The Morgan fingerprint density at radius 1 is 1.19 bits per heavy atom. The number of carbonyl (C=O) groups excluding carboxylic acids is 1. The number of hydrogen-bond acceptors (Lipinski definition) is 2. The van der Waals surface area contributed by atoms with E-state index >= 15 is 0 Å². The average Bonchev–Trinajstić information content (AvgIpc) is 2.46. The molecule has 0 aliphatic heterocycles. The second-order valence-electron chi connectivity index (χ2n) is 4.76. The van der Waals surface area contributed by atoms with Crippen LogP contribution in [0.4, 0.5) is 4.39 Å². The van der Waals surface area contributed by atoms with Crippen LogP contribution in [-0.4, -0.2) is 19.1 Å². The topological polar surface area (TPSA) is 38.3 Å². The molecule has 21 heavy (non-hydrogen) atoms. The Morgan fingerprint density at radius 3 is 2.76 bits per heavy atom. The van der Waals surface area contributed by atoms with Crippen molar-refractivity contribution in [2.75, 3.05) is 13.2 Å². The van der Waals surface area contributed by atoms with E-state index in [0.717, 1.165) is 11.1 Å². The van der Waals surface area contributed by atoms with Crippen molar-refractivity contribution in [1.82, 2.24) is 5.32 Å². The lowest BCUT2D eigenvalue weighted by molar-refractivity contribution is -0.120. The zero-order valence-electron chi connectivity index (χ0n) is 11.9. The van der Waals surface area contributed by atoms with E-state index in [1.165, 1.54) is 12.1 Å². The van der Waals surface area contributed by atoms with Gasteiger partial charge in [0.2, 0.25) is 5.91 Å². The Morgan fingerprint density at radius 2 is 2.00 bits per heavy atom. The molecule has 0 unspecified atom stereocenters. The minimum atomic E-state index is -0.337. The quantitative estimate of drug-likeness (QED) is 0.830. The molecule has 0 spiro atoms. The number of aryl methyl sites for hydroxylation is 1. The fraction of sp³-hybridized carbons (Fsp3) is 0.235. The summed E-state index contributed by atoms with van der Waals surface area (Å²) >= 11 is 0. The zero-order valence-corrected chi connectivity index (χ0v) is 11.9. The SMILES string of the molecule is Cc1ccccc1CC(=O)NCCOc1cccc(F)c1. The molecule has 0 aromatic heterocycles. The van der Waals surface area contributed by atoms with Gasteiger partial charge in [0, 0.05) is 6.07 Å². The Kier molecular flexibility index (Phi) is 5.32. The van der Waals surface area contributed by atoms with Crippen molar-refractivity contribution in [2.24, 2.45) is 0 Å². The van der Waals surface area contributed by atoms with Crippen LogP contribution in [0.1, 0.15) is 11.1 Å². The van der Waals surface area contributed by atoms with Crippen LogP contribution in [-0.2, 0) is 11.2 Å². The van der Waals surface area contributed by atoms with Crippen LogP contribution in [0.5, 0.6) is 5.75 Å². The van der Waals surface area contributed by atoms with E-state index in [0.29, 0.717) is 25.3 Å². The monoisotopic (exact) mass is 287 g/mol. The van der Waals surface area contributed by atoms with E-state index in [1.807, 2.05) is 31.2 Å². The Bertz CT molecular complexity index is 613. The van der Waals surface area contributed by atoms with E-state index in [9.17, 15) is 9.18 Å². The number of rotatable bonds is 6. The second-order valence-corrected chi connectivity index (χ2v) is 4.76. The molecule has 0 saturated heterocycles. The summed E-state index contributed by atoms with van der Waals surface area (Å²) in [5.41, 5.74) is 2.12. The predicted octanol–water partition coefficient (Wildman–Crippen LogP) is 2.87. The number of halogens is 1. The fourth-order valence-corrected chi connectivity index (χ4v) is 1.96. The molecule has 110 valence electrons. The van der Waals surface area contributed by atoms with Crippen molar-refractivity contribution in [2.45, 2.75) is 13.3 Å². The van der Waals surface area contributed by atoms with Crippen LogP contribution in [0.3, 0.4) is 0 Å². The number of ether oxygens (including phenoxy) is 1. The van der Waals surface area contributed by atoms with Crippen LogP contribution in [0.25, 0.3) is 0 Å². The summed E-state index contributed by atoms with van der Waals surface area (Å²) in [4.78, 5) is 11.8. The first-order valence-electron chi connectivity index (χ1n) is 6.85. The molecule has 3 nitrogen and oxygen atoms in total. The minimum Gasteiger partial charge on any atom is -0.492 e. The normalized spacial score (nSPS) is 10.2. The maximum absolute atomic E-state index is 12.9. The highest BCUT2D eigenvalue weighted by Crippen LogP contribution is 2.11. The first kappa shape index (κ1) is 15.0. The highest BCUT2D eigenvalue weighted by Gasteiger charge is 2.05. The lowest BCUT2D eigenvalue weighted by Crippen LogP contribution is -2.29. The Hall–Kier alpha value is -2.36. The van der Waals surface area contributed by atoms with Gasteiger partial charge >= 0.3 is 0 Å². The average molecular weight is 287 g/mol. The summed E-state index contributed by atoms with van der Waals surface area (Å²) in [6, 6.07) is 13.7. The van der Waals surface area contributed by atoms with E-state index < -0.39 is 0 Å². The highest BCUT2D eigenvalue weighted by molar-refractivity contribution is 5.78. The molecule has 1 N–H and O–H groups in total. The van der Waals surface area contributed by atoms with Gasteiger partial charge < -0.3 is 10.1 Å². The van der Waals surface area contributed by atoms with Crippen molar-refractivity contribution in [1.29, 1.82) is 0 Å². The van der Waals surface area contributed by atoms with Crippen LogP contribution < -0.4 is 10.1 Å². The number of benzene rings is 2. The summed E-state index contributed by atoms with van der Waals surface area (Å²) < 4.78 is 18.3. The number of carbonyl (C=O) groups is 1. The maximum Gasteiger partial charge on any atom is 0.224 e. The summed E-state index contributed by atoms with van der Waals surface area (Å²) in [6.45, 7) is 2.68. The lowest BCUT2D eigenvalue weighted by Gasteiger charge is -2.09. The molecular formula is C17H18FNO2. The van der Waals surface area contributed by atoms with Crippen LogP contribution in [0, 0.1) is 12.7 Å². The number of nitrogens with one attached hydrogen (secondary N) is 1. The van der Waals surface area contributed by atoms with Gasteiger partial charge in [0.1, 0.15) is 18.2 Å². The van der Waals surface area contributed by atoms with Crippen molar-refractivity contribution >= 4 is 5.91 Å². The molecule has 0 heterocycles. The standard InChI is InChI=1S/C17H18FNO2/c1-13-5-2-3-6-14(13)11-17(20)19-9-10-21-16-8-4-7-15(18)12-16/h2-8,12H,9-11H2,1H3,(H,19,20). The van der Waals surface area contributed by atoms with Gasteiger partial charge in [-0.1, -0.05) is 30.3 Å². The van der Waals surface area contributed by atoms with Crippen molar-refractivity contribution in [3.8, 4) is 5.75 Å². The highest BCUT2D eigenvalue weighted by atomic mass is 19.1. The van der Waals surface area contributed by atoms with Gasteiger partial charge in [-0.3, -0.25) is 4.79 Å². The van der Waals surface area contributed by atoms with Gasteiger partial charge in [-0.05, 0) is 30.2 Å². The summed E-state index contributed by atoms with van der Waals surface area (Å²) in [5, 5.41) is 2.79. The van der Waals surface area contributed by atoms with E-state index in [2.05, 4.69) is 5.32 Å². The molecule has 0 aliphatic rings.